The van der Waals surface area contributed by atoms with Gasteiger partial charge < -0.3 is 64.6 Å². The number of hydrogen-bond donors (Lipinski definition) is 4. The number of allylic oxidation sites excluding steroid dienone is 3. The zero-order valence-corrected chi connectivity index (χ0v) is 59.6. The van der Waals surface area contributed by atoms with Crippen LogP contribution in [0.15, 0.2) is 60.2 Å². The van der Waals surface area contributed by atoms with Gasteiger partial charge in [0.2, 0.25) is 29.5 Å². The van der Waals surface area contributed by atoms with Crippen molar-refractivity contribution in [3.05, 3.63) is 81.9 Å². The van der Waals surface area contributed by atoms with Gasteiger partial charge in [-0.3, -0.25) is 38.5 Å². The number of thiocarbonyl (C=S) groups is 1. The molecular formula is C69H96ClN7O17S2. The Morgan fingerprint density at radius 1 is 0.969 bits per heavy atom. The summed E-state index contributed by atoms with van der Waals surface area (Å²) in [5, 5.41) is 17.4. The van der Waals surface area contributed by atoms with Gasteiger partial charge in [-0.25, -0.2) is 14.4 Å². The molecule has 528 valence electrons. The molecule has 3 saturated heterocycles. The molecule has 11 atom stereocenters. The van der Waals surface area contributed by atoms with Crippen LogP contribution in [-0.4, -0.2) is 198 Å². The first kappa shape index (κ1) is 78.0. The minimum absolute atomic E-state index is 0.0118. The van der Waals surface area contributed by atoms with Crippen LogP contribution in [-0.2, 0) is 81.5 Å². The summed E-state index contributed by atoms with van der Waals surface area (Å²) in [4.78, 5) is 139. The average molecular weight is 1400 g/mol. The molecule has 96 heavy (non-hydrogen) atoms. The summed E-state index contributed by atoms with van der Waals surface area (Å²) >= 11 is 14.0. The van der Waals surface area contributed by atoms with Gasteiger partial charge in [0.25, 0.3) is 0 Å². The van der Waals surface area contributed by atoms with E-state index in [0.29, 0.717) is 66.1 Å². The molecule has 2 aromatic rings. The van der Waals surface area contributed by atoms with Crippen LogP contribution in [0.3, 0.4) is 0 Å². The van der Waals surface area contributed by atoms with Gasteiger partial charge in [-0.15, -0.1) is 0 Å². The van der Waals surface area contributed by atoms with Crippen molar-refractivity contribution < 1.29 is 81.5 Å². The number of thioether (sulfide) groups is 1. The number of carbonyl (C=O) groups is 10. The third-order valence-corrected chi connectivity index (χ3v) is 20.3. The number of primary amides is 1. The molecule has 0 saturated carbocycles. The van der Waals surface area contributed by atoms with Crippen LogP contribution in [0.1, 0.15) is 135 Å². The molecular weight excluding hydrogens is 1300 g/mol. The number of carbonyl (C=O) groups excluding carboxylic acids is 10. The molecule has 6 rings (SSSR count). The number of nitrogens with zero attached hydrogens (tertiary/aromatic N) is 4. The number of ketones is 1. The number of halogens is 1. The number of likely N-dealkylation sites (N-methyl/N-ethyl adjacent to an activating group) is 1. The number of rotatable bonds is 29. The Morgan fingerprint density at radius 2 is 1.67 bits per heavy atom. The number of Topliss-reactive ketones (excluding diaryl/α,β-unsaturated/α-hetero) is 1. The van der Waals surface area contributed by atoms with Crippen molar-refractivity contribution >= 4 is 106 Å². The lowest BCUT2D eigenvalue weighted by molar-refractivity contribution is -0.187. The Kier molecular flexibility index (Phi) is 28.9. The monoisotopic (exact) mass is 1390 g/mol. The van der Waals surface area contributed by atoms with E-state index in [1.165, 1.54) is 66.6 Å². The topological polar surface area (TPSA) is 313 Å². The lowest BCUT2D eigenvalue weighted by Gasteiger charge is -2.41. The van der Waals surface area contributed by atoms with Crippen LogP contribution in [0.25, 0.3) is 0 Å². The number of unbranched alkanes of at least 4 members (excludes halogenated alkanes) is 2. The number of fused-ring (bicyclic) bond motifs is 5. The van der Waals surface area contributed by atoms with E-state index in [4.69, 9.17) is 58.0 Å². The molecule has 0 spiro atoms. The third kappa shape index (κ3) is 21.0. The zero-order chi connectivity index (χ0) is 70.9. The second-order valence-corrected chi connectivity index (χ2v) is 28.1. The Hall–Kier alpha value is -6.97. The maximum atomic E-state index is 14.5. The van der Waals surface area contributed by atoms with E-state index in [-0.39, 0.29) is 97.9 Å². The van der Waals surface area contributed by atoms with Gasteiger partial charge in [0.05, 0.1) is 43.0 Å². The number of nitrogens with one attached hydrogen (secondary N) is 2. The van der Waals surface area contributed by atoms with Crippen molar-refractivity contribution in [2.75, 3.05) is 66.2 Å². The number of urea groups is 1. The number of epoxide rings is 1. The average Bonchev–Trinajstić information content (AvgIpc) is 1.57. The van der Waals surface area contributed by atoms with Crippen molar-refractivity contribution in [3.8, 4) is 5.75 Å². The van der Waals surface area contributed by atoms with Gasteiger partial charge in [-0.2, -0.15) is 11.8 Å². The van der Waals surface area contributed by atoms with Crippen LogP contribution in [0.4, 0.5) is 15.3 Å². The van der Waals surface area contributed by atoms with Crippen molar-refractivity contribution in [2.24, 2.45) is 23.5 Å². The van der Waals surface area contributed by atoms with Crippen LogP contribution in [0.2, 0.25) is 5.02 Å². The first-order valence-corrected chi connectivity index (χ1v) is 34.7. The molecule has 2 aromatic carbocycles. The molecule has 4 aliphatic rings. The standard InChI is InChI=1S/C69H96ClN7O17S2/c1-40(2)48(34-47(95)19-14-13-15-28-77-59(81)35-54(96-12)64(77)84)63(83)73-49(20-17-27-72-66(71)86)51(78)32-44-22-24-45(25-23-44)39-91-67(87)74(7)29-26-57(79)75(8)43(5)65(85)93-56-36-58(80)76(9)50-31-46(33-52(89-10)61(50)70)30-41(3)18-16-21-55(90-11)69(88)37-53(92-60(82)38-69)42(4)62-68(56,6)94-62/h16,18,21-25,31,33,40,42-43,48-49,53-56,62,88H,13-15,17,19-20,26-30,32,34-39H2,1-12H3,(H,73,83)(H3,71,72,86)/b21-16+,41-18+/t42-,43+,48+,49+,53+,54?,55-,56+,62+,68+,69-/m1/s1. The minimum atomic E-state index is -1.66. The number of anilines is 1. The smallest absolute Gasteiger partial charge is 0.409 e. The highest BCUT2D eigenvalue weighted by Gasteiger charge is 2.64. The molecule has 4 aliphatic heterocycles. The van der Waals surface area contributed by atoms with Gasteiger partial charge in [-0.1, -0.05) is 99.1 Å². The van der Waals surface area contributed by atoms with Gasteiger partial charge >= 0.3 is 24.1 Å². The summed E-state index contributed by atoms with van der Waals surface area (Å²) in [5.74, 6) is -4.29. The summed E-state index contributed by atoms with van der Waals surface area (Å²) < 4.78 is 35.3. The zero-order valence-electron chi connectivity index (χ0n) is 57.2. The van der Waals surface area contributed by atoms with Gasteiger partial charge in [0, 0.05) is 85.4 Å². The minimum Gasteiger partial charge on any atom is -0.495 e. The molecule has 5 N–H and O–H groups in total. The van der Waals surface area contributed by atoms with E-state index in [2.05, 4.69) is 10.6 Å². The number of ether oxygens (including phenoxy) is 6. The van der Waals surface area contributed by atoms with E-state index in [9.17, 15) is 53.1 Å². The quantitative estimate of drug-likeness (QED) is 0.0152. The molecule has 24 nitrogen and oxygen atoms in total. The molecule has 1 unspecified atom stereocenters. The van der Waals surface area contributed by atoms with Crippen LogP contribution in [0, 0.1) is 17.8 Å². The van der Waals surface area contributed by atoms with Gasteiger partial charge in [-0.05, 0) is 112 Å². The number of aliphatic hydroxyl groups is 1. The number of methoxy groups -OCH3 is 2. The second kappa shape index (κ2) is 35.5. The van der Waals surface area contributed by atoms with Crippen molar-refractivity contribution in [1.82, 2.24) is 25.3 Å². The summed E-state index contributed by atoms with van der Waals surface area (Å²) in [5.41, 5.74) is 5.52. The predicted molar refractivity (Wildman–Crippen MR) is 366 cm³/mol. The Morgan fingerprint density at radius 3 is 2.31 bits per heavy atom. The van der Waals surface area contributed by atoms with Crippen LogP contribution < -0.4 is 26.0 Å². The van der Waals surface area contributed by atoms with E-state index < -0.39 is 102 Å². The van der Waals surface area contributed by atoms with Crippen molar-refractivity contribution in [3.63, 3.8) is 0 Å². The Labute approximate surface area is 577 Å². The number of imide groups is 1. The summed E-state index contributed by atoms with van der Waals surface area (Å²) in [6.07, 6.45) is 5.86. The fraction of sp³-hybridized carbons (Fsp3) is 0.609. The van der Waals surface area contributed by atoms with E-state index in [1.807, 2.05) is 33.1 Å². The normalized spacial score (nSPS) is 24.7. The first-order chi connectivity index (χ1) is 45.3. The SMILES string of the molecule is COc1cc2cc(c1Cl)N(C)C(=O)C[C@H](OC(=O)[C@H](C)N(C)C(=O)CCN(C)C(=O)OCc1ccc(CC(=O)[C@H](CCCNC(N)=O)NC(=O)[C@@H](CC(=S)CCCCCN3C(=O)CC(SC)C3=O)C(C)C)cc1)[C@]1(C)O[C@H]1[C@H](C)[C@@H]1C[C@@](O)(CC(=O)O1)[C@H](OC)/C=C/C=C(\C)C2. The number of esters is 2. The highest BCUT2D eigenvalue weighted by atomic mass is 35.5. The first-order valence-electron chi connectivity index (χ1n) is 32.6. The molecule has 8 amide bonds. The number of hydrogen-bond acceptors (Lipinski definition) is 19. The van der Waals surface area contributed by atoms with E-state index in [1.54, 1.807) is 69.4 Å². The van der Waals surface area contributed by atoms with Gasteiger partial charge in [0.15, 0.2) is 5.78 Å². The second-order valence-electron chi connectivity index (χ2n) is 26.1. The molecule has 3 fully saturated rings. The maximum absolute atomic E-state index is 14.5. The number of benzene rings is 2. The molecule has 4 bridgehead atoms. The van der Waals surface area contributed by atoms with E-state index in [0.717, 1.165) is 24.0 Å². The molecule has 0 aromatic heterocycles. The van der Waals surface area contributed by atoms with E-state index >= 15 is 0 Å². The summed E-state index contributed by atoms with van der Waals surface area (Å²) in [6, 6.07) is 7.56. The van der Waals surface area contributed by atoms with Crippen molar-refractivity contribution in [2.45, 2.75) is 191 Å². The van der Waals surface area contributed by atoms with Gasteiger partial charge in [0.1, 0.15) is 52.9 Å². The summed E-state index contributed by atoms with van der Waals surface area (Å²) in [7, 11) is 7.32. The van der Waals surface area contributed by atoms with Crippen LogP contribution in [0.5, 0.6) is 5.75 Å². The fourth-order valence-corrected chi connectivity index (χ4v) is 13.5. The highest BCUT2D eigenvalue weighted by Crippen LogP contribution is 2.50. The lowest BCUT2D eigenvalue weighted by Crippen LogP contribution is -2.53. The number of amides is 8. The maximum Gasteiger partial charge on any atom is 0.409 e. The lowest BCUT2D eigenvalue weighted by atomic mass is 9.78. The predicted octanol–water partition coefficient (Wildman–Crippen LogP) is 7.55. The molecule has 4 heterocycles. The third-order valence-electron chi connectivity index (χ3n) is 18.6. The Bertz CT molecular complexity index is 3240. The molecule has 0 aliphatic carbocycles. The highest BCUT2D eigenvalue weighted by molar-refractivity contribution is 8.00. The fourth-order valence-electron chi connectivity index (χ4n) is 12.3. The summed E-state index contributed by atoms with van der Waals surface area (Å²) in [6.45, 7) is 11.0. The Balaban J connectivity index is 1.03. The number of nitrogens with two attached hydrogens (primary N) is 1. The molecule has 27 heteroatoms. The largest absolute Gasteiger partial charge is 0.495 e. The number of likely N-dealkylation sites (tertiary alicyclic amines) is 1. The molecule has 0 radical (unpaired) electrons. The van der Waals surface area contributed by atoms with Crippen molar-refractivity contribution in [1.29, 1.82) is 0 Å². The van der Waals surface area contributed by atoms with Crippen LogP contribution >= 0.6 is 35.6 Å².